The SMILES string of the molecule is COC(=O)c1c(C)[nH]c(C(=O)C[n+]2ccc(C)cc2)c1C. The molecule has 0 aliphatic heterocycles. The third kappa shape index (κ3) is 3.02. The number of aromatic nitrogens is 2. The van der Waals surface area contributed by atoms with E-state index in [0.717, 1.165) is 5.56 Å². The number of carbonyl (C=O) groups excluding carboxylic acids is 2. The number of methoxy groups -OCH3 is 1. The zero-order chi connectivity index (χ0) is 15.6. The van der Waals surface area contributed by atoms with Crippen molar-refractivity contribution >= 4 is 11.8 Å². The van der Waals surface area contributed by atoms with E-state index in [1.165, 1.54) is 7.11 Å². The van der Waals surface area contributed by atoms with E-state index in [1.54, 1.807) is 13.8 Å². The molecule has 2 aromatic rings. The maximum absolute atomic E-state index is 12.4. The molecule has 1 N–H and O–H groups in total. The van der Waals surface area contributed by atoms with E-state index in [0.29, 0.717) is 22.5 Å². The van der Waals surface area contributed by atoms with Gasteiger partial charge in [-0.1, -0.05) is 0 Å². The first-order valence-corrected chi connectivity index (χ1v) is 6.70. The molecule has 0 saturated carbocycles. The number of pyridine rings is 1. The molecule has 2 aromatic heterocycles. The lowest BCUT2D eigenvalue weighted by Gasteiger charge is -2.00. The Morgan fingerprint density at radius 1 is 1.19 bits per heavy atom. The Bertz CT molecular complexity index is 684. The van der Waals surface area contributed by atoms with Crippen molar-refractivity contribution in [1.82, 2.24) is 4.98 Å². The summed E-state index contributed by atoms with van der Waals surface area (Å²) in [6.45, 7) is 5.73. The summed E-state index contributed by atoms with van der Waals surface area (Å²) in [6, 6.07) is 3.89. The molecule has 2 heterocycles. The van der Waals surface area contributed by atoms with Crippen molar-refractivity contribution in [1.29, 1.82) is 0 Å². The monoisotopic (exact) mass is 287 g/mol. The molecule has 0 fully saturated rings. The van der Waals surface area contributed by atoms with Crippen LogP contribution in [0.25, 0.3) is 0 Å². The van der Waals surface area contributed by atoms with Crippen LogP contribution in [0.4, 0.5) is 0 Å². The fourth-order valence-corrected chi connectivity index (χ4v) is 2.32. The van der Waals surface area contributed by atoms with Crippen LogP contribution in [0.15, 0.2) is 24.5 Å². The second-order valence-electron chi connectivity index (χ2n) is 5.09. The smallest absolute Gasteiger partial charge is 0.339 e. The normalized spacial score (nSPS) is 10.5. The van der Waals surface area contributed by atoms with Gasteiger partial charge in [0, 0.05) is 17.8 Å². The molecule has 110 valence electrons. The van der Waals surface area contributed by atoms with Crippen LogP contribution >= 0.6 is 0 Å². The first-order chi connectivity index (χ1) is 9.93. The van der Waals surface area contributed by atoms with Gasteiger partial charge in [0.25, 0.3) is 0 Å². The summed E-state index contributed by atoms with van der Waals surface area (Å²) < 4.78 is 6.56. The molecular formula is C16H19N2O3+. The number of ether oxygens (including phenoxy) is 1. The summed E-state index contributed by atoms with van der Waals surface area (Å²) in [6.07, 6.45) is 3.72. The number of nitrogens with zero attached hydrogens (tertiary/aromatic N) is 1. The maximum Gasteiger partial charge on any atom is 0.339 e. The van der Waals surface area contributed by atoms with Crippen molar-refractivity contribution in [3.05, 3.63) is 52.6 Å². The fourth-order valence-electron chi connectivity index (χ4n) is 2.32. The van der Waals surface area contributed by atoms with E-state index < -0.39 is 5.97 Å². The molecule has 0 radical (unpaired) electrons. The lowest BCUT2D eigenvalue weighted by molar-refractivity contribution is -0.683. The molecule has 0 aromatic carbocycles. The Morgan fingerprint density at radius 3 is 2.38 bits per heavy atom. The lowest BCUT2D eigenvalue weighted by atomic mass is 10.1. The summed E-state index contributed by atoms with van der Waals surface area (Å²) in [5.74, 6) is -0.497. The van der Waals surface area contributed by atoms with Crippen LogP contribution in [0.2, 0.25) is 0 Å². The molecule has 21 heavy (non-hydrogen) atoms. The minimum atomic E-state index is -0.428. The van der Waals surface area contributed by atoms with Crippen molar-refractivity contribution in [2.24, 2.45) is 0 Å². The van der Waals surface area contributed by atoms with E-state index in [-0.39, 0.29) is 12.3 Å². The molecule has 5 heteroatoms. The topological polar surface area (TPSA) is 63.0 Å². The Hall–Kier alpha value is -2.43. The summed E-state index contributed by atoms with van der Waals surface area (Å²) >= 11 is 0. The van der Waals surface area contributed by atoms with Gasteiger partial charge in [-0.15, -0.1) is 0 Å². The first-order valence-electron chi connectivity index (χ1n) is 6.70. The average molecular weight is 287 g/mol. The second-order valence-corrected chi connectivity index (χ2v) is 5.09. The van der Waals surface area contributed by atoms with Crippen molar-refractivity contribution < 1.29 is 18.9 Å². The molecule has 0 spiro atoms. The lowest BCUT2D eigenvalue weighted by Crippen LogP contribution is -2.37. The van der Waals surface area contributed by atoms with Crippen LogP contribution < -0.4 is 4.57 Å². The van der Waals surface area contributed by atoms with Crippen LogP contribution in [-0.2, 0) is 11.3 Å². The number of hydrogen-bond acceptors (Lipinski definition) is 3. The third-order valence-corrected chi connectivity index (χ3v) is 3.49. The molecule has 0 unspecified atom stereocenters. The minimum absolute atomic E-state index is 0.0698. The predicted molar refractivity (Wildman–Crippen MR) is 77.3 cm³/mol. The van der Waals surface area contributed by atoms with Gasteiger partial charge in [-0.2, -0.15) is 4.57 Å². The Labute approximate surface area is 123 Å². The van der Waals surface area contributed by atoms with Gasteiger partial charge in [-0.25, -0.2) is 4.79 Å². The molecule has 5 nitrogen and oxygen atoms in total. The highest BCUT2D eigenvalue weighted by Crippen LogP contribution is 2.19. The molecule has 0 aliphatic rings. The van der Waals surface area contributed by atoms with Crippen molar-refractivity contribution in [2.45, 2.75) is 27.3 Å². The summed E-state index contributed by atoms with van der Waals surface area (Å²) in [5.41, 5.74) is 3.32. The summed E-state index contributed by atoms with van der Waals surface area (Å²) in [4.78, 5) is 27.1. The largest absolute Gasteiger partial charge is 0.465 e. The number of esters is 1. The second kappa shape index (κ2) is 5.91. The minimum Gasteiger partial charge on any atom is -0.465 e. The Balaban J connectivity index is 2.28. The van der Waals surface area contributed by atoms with E-state index in [9.17, 15) is 9.59 Å². The van der Waals surface area contributed by atoms with E-state index in [2.05, 4.69) is 4.98 Å². The third-order valence-electron chi connectivity index (χ3n) is 3.49. The highest BCUT2D eigenvalue weighted by atomic mass is 16.5. The van der Waals surface area contributed by atoms with Gasteiger partial charge in [-0.3, -0.25) is 4.79 Å². The van der Waals surface area contributed by atoms with Gasteiger partial charge in [0.05, 0.1) is 18.4 Å². The molecule has 2 rings (SSSR count). The van der Waals surface area contributed by atoms with Crippen molar-refractivity contribution in [3.63, 3.8) is 0 Å². The number of hydrogen-bond donors (Lipinski definition) is 1. The maximum atomic E-state index is 12.4. The summed E-state index contributed by atoms with van der Waals surface area (Å²) in [5, 5.41) is 0. The van der Waals surface area contributed by atoms with Crippen molar-refractivity contribution in [2.75, 3.05) is 7.11 Å². The number of ketones is 1. The number of aromatic amines is 1. The predicted octanol–water partition coefficient (Wildman–Crippen LogP) is 1.90. The van der Waals surface area contributed by atoms with Gasteiger partial charge in [0.1, 0.15) is 0 Å². The van der Waals surface area contributed by atoms with E-state index in [1.807, 2.05) is 36.0 Å². The molecule has 0 saturated heterocycles. The Kier molecular flexibility index (Phi) is 4.21. The van der Waals surface area contributed by atoms with Crippen LogP contribution in [-0.4, -0.2) is 23.8 Å². The highest BCUT2D eigenvalue weighted by molar-refractivity contribution is 6.00. The fraction of sp³-hybridized carbons (Fsp3) is 0.312. The van der Waals surface area contributed by atoms with Gasteiger partial charge in [0.15, 0.2) is 12.4 Å². The van der Waals surface area contributed by atoms with Crippen LogP contribution in [0.1, 0.15) is 37.7 Å². The summed E-state index contributed by atoms with van der Waals surface area (Å²) in [7, 11) is 1.33. The molecule has 0 atom stereocenters. The quantitative estimate of drug-likeness (QED) is 0.530. The molecular weight excluding hydrogens is 268 g/mol. The van der Waals surface area contributed by atoms with Crippen LogP contribution in [0.5, 0.6) is 0 Å². The number of rotatable bonds is 4. The molecule has 0 amide bonds. The molecule has 0 aliphatic carbocycles. The van der Waals surface area contributed by atoms with Crippen molar-refractivity contribution in [3.8, 4) is 0 Å². The van der Waals surface area contributed by atoms with Gasteiger partial charge >= 0.3 is 5.97 Å². The van der Waals surface area contributed by atoms with Crippen LogP contribution in [0, 0.1) is 20.8 Å². The Morgan fingerprint density at radius 2 is 1.81 bits per heavy atom. The highest BCUT2D eigenvalue weighted by Gasteiger charge is 2.24. The van der Waals surface area contributed by atoms with Gasteiger partial charge in [-0.05, 0) is 31.9 Å². The number of carbonyl (C=O) groups is 2. The first kappa shape index (κ1) is 15.0. The zero-order valence-electron chi connectivity index (χ0n) is 12.7. The van der Waals surface area contributed by atoms with E-state index >= 15 is 0 Å². The van der Waals surface area contributed by atoms with Gasteiger partial charge < -0.3 is 9.72 Å². The number of aryl methyl sites for hydroxylation is 2. The average Bonchev–Trinajstić information content (AvgIpc) is 2.76. The number of H-pyrrole nitrogens is 1. The van der Waals surface area contributed by atoms with E-state index in [4.69, 9.17) is 4.74 Å². The zero-order valence-corrected chi connectivity index (χ0v) is 12.7. The standard InChI is InChI=1S/C16H18N2O3/c1-10-5-7-18(8-6-10)9-13(19)15-11(2)14(12(3)17-15)16(20)21-4/h5-8H,9H2,1-4H3/p+1. The number of Topliss-reactive ketones (excluding diaryl/α,β-unsaturated/α-hetero) is 1. The molecule has 0 bridgehead atoms. The van der Waals surface area contributed by atoms with Crippen LogP contribution in [0.3, 0.4) is 0 Å². The van der Waals surface area contributed by atoms with Gasteiger partial charge in [0.2, 0.25) is 12.3 Å². The number of nitrogens with one attached hydrogen (secondary N) is 1.